The molecule has 1 aliphatic rings. The molecule has 2 atom stereocenters. The number of phenols is 1. The van der Waals surface area contributed by atoms with E-state index in [0.29, 0.717) is 17.1 Å². The summed E-state index contributed by atoms with van der Waals surface area (Å²) in [6.45, 7) is 7.12. The highest BCUT2D eigenvalue weighted by atomic mass is 79.9. The van der Waals surface area contributed by atoms with E-state index >= 15 is 0 Å². The van der Waals surface area contributed by atoms with Gasteiger partial charge in [0.05, 0.1) is 4.47 Å². The zero-order chi connectivity index (χ0) is 16.6. The third-order valence-corrected chi connectivity index (χ3v) is 5.63. The first kappa shape index (κ1) is 16.6. The zero-order valence-electron chi connectivity index (χ0n) is 14.1. The van der Waals surface area contributed by atoms with Crippen molar-refractivity contribution < 1.29 is 5.11 Å². The molecular formula is C21H25BrO. The van der Waals surface area contributed by atoms with E-state index in [1.54, 1.807) is 0 Å². The maximum atomic E-state index is 10.5. The van der Waals surface area contributed by atoms with Crippen molar-refractivity contribution in [1.82, 2.24) is 0 Å². The fraction of sp³-hybridized carbons (Fsp3) is 0.429. The molecule has 0 bridgehead atoms. The van der Waals surface area contributed by atoms with Crippen LogP contribution in [0.25, 0.3) is 11.1 Å². The fourth-order valence-corrected chi connectivity index (χ4v) is 4.77. The number of rotatable bonds is 2. The molecule has 1 aliphatic carbocycles. The quantitative estimate of drug-likeness (QED) is 0.617. The summed E-state index contributed by atoms with van der Waals surface area (Å²) in [5, 5.41) is 10.5. The number of halogens is 1. The van der Waals surface area contributed by atoms with Gasteiger partial charge in [-0.25, -0.2) is 0 Å². The van der Waals surface area contributed by atoms with Crippen molar-refractivity contribution in [2.24, 2.45) is 11.3 Å². The van der Waals surface area contributed by atoms with Gasteiger partial charge in [0.1, 0.15) is 5.75 Å². The monoisotopic (exact) mass is 372 g/mol. The Morgan fingerprint density at radius 1 is 1.09 bits per heavy atom. The van der Waals surface area contributed by atoms with Gasteiger partial charge >= 0.3 is 0 Å². The first-order valence-electron chi connectivity index (χ1n) is 8.43. The molecule has 1 saturated carbocycles. The summed E-state index contributed by atoms with van der Waals surface area (Å²) in [6, 6.07) is 14.4. The Kier molecular flexibility index (Phi) is 4.55. The molecule has 1 N–H and O–H groups in total. The summed E-state index contributed by atoms with van der Waals surface area (Å²) in [5.41, 5.74) is 3.72. The number of phenolic OH excluding ortho intramolecular Hbond substituents is 1. The molecule has 2 heteroatoms. The minimum Gasteiger partial charge on any atom is -0.506 e. The van der Waals surface area contributed by atoms with Gasteiger partial charge in [-0.1, -0.05) is 51.1 Å². The molecule has 0 spiro atoms. The van der Waals surface area contributed by atoms with E-state index in [0.717, 1.165) is 21.5 Å². The van der Waals surface area contributed by atoms with E-state index in [2.05, 4.69) is 61.0 Å². The first-order chi connectivity index (χ1) is 10.9. The van der Waals surface area contributed by atoms with Gasteiger partial charge in [-0.15, -0.1) is 0 Å². The van der Waals surface area contributed by atoms with Gasteiger partial charge in [0.2, 0.25) is 0 Å². The number of benzene rings is 2. The van der Waals surface area contributed by atoms with Crippen LogP contribution < -0.4 is 0 Å². The van der Waals surface area contributed by atoms with Crippen LogP contribution in [0.1, 0.15) is 51.5 Å². The molecule has 122 valence electrons. The predicted molar refractivity (Wildman–Crippen MR) is 101 cm³/mol. The molecule has 1 unspecified atom stereocenters. The van der Waals surface area contributed by atoms with Gasteiger partial charge in [-0.05, 0) is 75.7 Å². The van der Waals surface area contributed by atoms with Gasteiger partial charge < -0.3 is 5.11 Å². The van der Waals surface area contributed by atoms with Crippen LogP contribution in [0.3, 0.4) is 0 Å². The molecule has 0 amide bonds. The highest BCUT2D eigenvalue weighted by Gasteiger charge is 2.33. The second kappa shape index (κ2) is 6.32. The van der Waals surface area contributed by atoms with Crippen molar-refractivity contribution in [1.29, 1.82) is 0 Å². The van der Waals surface area contributed by atoms with Crippen molar-refractivity contribution in [2.75, 3.05) is 0 Å². The van der Waals surface area contributed by atoms with Crippen LogP contribution in [0, 0.1) is 11.3 Å². The average molecular weight is 373 g/mol. The van der Waals surface area contributed by atoms with E-state index in [1.807, 2.05) is 18.2 Å². The standard InChI is InChI=1S/C21H25BrO/c1-14-9-17(13-21(2,3)12-14)16-10-18(20(23)19(22)11-16)15-7-5-4-6-8-15/h4-8,10-11,14,17,23H,9,12-13H2,1-3H3/t14?,17-/m0/s1. The summed E-state index contributed by atoms with van der Waals surface area (Å²) in [5.74, 6) is 1.65. The number of hydrogen-bond donors (Lipinski definition) is 1. The Hall–Kier alpha value is -1.28. The molecule has 0 radical (unpaired) electrons. The second-order valence-electron chi connectivity index (χ2n) is 7.88. The SMILES string of the molecule is CC1C[C@H](c2cc(Br)c(O)c(-c3ccccc3)c2)CC(C)(C)C1. The lowest BCUT2D eigenvalue weighted by atomic mass is 9.66. The van der Waals surface area contributed by atoms with Gasteiger partial charge in [0.15, 0.2) is 0 Å². The lowest BCUT2D eigenvalue weighted by Gasteiger charge is -2.39. The summed E-state index contributed by atoms with van der Waals surface area (Å²) >= 11 is 3.55. The molecule has 2 aromatic carbocycles. The van der Waals surface area contributed by atoms with E-state index in [1.165, 1.54) is 24.8 Å². The minimum atomic E-state index is 0.336. The normalized spacial score (nSPS) is 23.7. The minimum absolute atomic E-state index is 0.336. The summed E-state index contributed by atoms with van der Waals surface area (Å²) in [6.07, 6.45) is 3.74. The zero-order valence-corrected chi connectivity index (χ0v) is 15.7. The highest BCUT2D eigenvalue weighted by molar-refractivity contribution is 9.10. The van der Waals surface area contributed by atoms with E-state index in [9.17, 15) is 5.11 Å². The lowest BCUT2D eigenvalue weighted by Crippen LogP contribution is -2.26. The predicted octanol–water partition coefficient (Wildman–Crippen LogP) is 6.75. The maximum absolute atomic E-state index is 10.5. The van der Waals surface area contributed by atoms with Crippen molar-refractivity contribution in [3.05, 3.63) is 52.5 Å². The lowest BCUT2D eigenvalue weighted by molar-refractivity contribution is 0.168. The molecular weight excluding hydrogens is 348 g/mol. The maximum Gasteiger partial charge on any atom is 0.137 e. The molecule has 1 nitrogen and oxygen atoms in total. The van der Waals surface area contributed by atoms with Crippen molar-refractivity contribution in [3.8, 4) is 16.9 Å². The van der Waals surface area contributed by atoms with Crippen LogP contribution in [0.5, 0.6) is 5.75 Å². The summed E-state index contributed by atoms with van der Waals surface area (Å²) in [7, 11) is 0. The third kappa shape index (κ3) is 3.63. The van der Waals surface area contributed by atoms with Crippen LogP contribution in [0.15, 0.2) is 46.9 Å². The Morgan fingerprint density at radius 2 is 1.78 bits per heavy atom. The van der Waals surface area contributed by atoms with Crippen molar-refractivity contribution in [2.45, 2.75) is 46.0 Å². The fourth-order valence-electron chi connectivity index (χ4n) is 4.29. The van der Waals surface area contributed by atoms with Crippen LogP contribution in [0.4, 0.5) is 0 Å². The van der Waals surface area contributed by atoms with Crippen LogP contribution >= 0.6 is 15.9 Å². The largest absolute Gasteiger partial charge is 0.506 e. The number of aromatic hydroxyl groups is 1. The Bertz CT molecular complexity index is 690. The summed E-state index contributed by atoms with van der Waals surface area (Å²) in [4.78, 5) is 0. The Morgan fingerprint density at radius 3 is 2.43 bits per heavy atom. The van der Waals surface area contributed by atoms with Gasteiger partial charge in [0, 0.05) is 5.56 Å². The molecule has 0 heterocycles. The molecule has 23 heavy (non-hydrogen) atoms. The van der Waals surface area contributed by atoms with Gasteiger partial charge in [-0.2, -0.15) is 0 Å². The van der Waals surface area contributed by atoms with Crippen LogP contribution in [0.2, 0.25) is 0 Å². The van der Waals surface area contributed by atoms with Gasteiger partial charge in [0.25, 0.3) is 0 Å². The second-order valence-corrected chi connectivity index (χ2v) is 8.73. The molecule has 0 aromatic heterocycles. The third-order valence-electron chi connectivity index (χ3n) is 5.03. The average Bonchev–Trinajstić information content (AvgIpc) is 2.48. The van der Waals surface area contributed by atoms with Crippen molar-refractivity contribution >= 4 is 15.9 Å². The van der Waals surface area contributed by atoms with E-state index in [4.69, 9.17) is 0 Å². The highest BCUT2D eigenvalue weighted by Crippen LogP contribution is 2.48. The summed E-state index contributed by atoms with van der Waals surface area (Å²) < 4.78 is 0.796. The van der Waals surface area contributed by atoms with Crippen LogP contribution in [-0.2, 0) is 0 Å². The van der Waals surface area contributed by atoms with E-state index < -0.39 is 0 Å². The molecule has 0 saturated heterocycles. The van der Waals surface area contributed by atoms with Crippen molar-refractivity contribution in [3.63, 3.8) is 0 Å². The first-order valence-corrected chi connectivity index (χ1v) is 9.23. The number of hydrogen-bond acceptors (Lipinski definition) is 1. The topological polar surface area (TPSA) is 20.2 Å². The molecule has 0 aliphatic heterocycles. The Labute approximate surface area is 147 Å². The molecule has 1 fully saturated rings. The molecule has 3 rings (SSSR count). The smallest absolute Gasteiger partial charge is 0.137 e. The van der Waals surface area contributed by atoms with Gasteiger partial charge in [-0.3, -0.25) is 0 Å². The Balaban J connectivity index is 2.02. The van der Waals surface area contributed by atoms with Crippen LogP contribution in [-0.4, -0.2) is 5.11 Å². The van der Waals surface area contributed by atoms with E-state index in [-0.39, 0.29) is 0 Å². The molecule has 2 aromatic rings.